The molecule has 0 heterocycles. The number of aliphatic hydroxyl groups excluding tert-OH is 1. The van der Waals surface area contributed by atoms with Crippen LogP contribution < -0.4 is 0 Å². The lowest BCUT2D eigenvalue weighted by atomic mass is 9.73. The van der Waals surface area contributed by atoms with Gasteiger partial charge in [0, 0.05) is 0 Å². The lowest BCUT2D eigenvalue weighted by molar-refractivity contribution is 0.0266. The Kier molecular flexibility index (Phi) is 1.59. The van der Waals surface area contributed by atoms with Gasteiger partial charge >= 0.3 is 0 Å². The summed E-state index contributed by atoms with van der Waals surface area (Å²) in [5.74, 6) is 2.87. The molecule has 4 bridgehead atoms. The SMILES string of the molecule is O[C@H]1[C@@H]2[C@@H]3CCC[C@@H]3[C@@]1(Cl)[C@@H]1C=C[C@H]2C1. The Morgan fingerprint density at radius 2 is 2.13 bits per heavy atom. The second-order valence-corrected chi connectivity index (χ2v) is 6.60. The van der Waals surface area contributed by atoms with Crippen molar-refractivity contribution in [2.75, 3.05) is 0 Å². The van der Waals surface area contributed by atoms with Crippen LogP contribution in [-0.4, -0.2) is 16.1 Å². The van der Waals surface area contributed by atoms with Crippen molar-refractivity contribution in [2.45, 2.75) is 36.7 Å². The van der Waals surface area contributed by atoms with E-state index in [1.807, 2.05) is 0 Å². The Bertz CT molecular complexity index is 339. The van der Waals surface area contributed by atoms with Crippen molar-refractivity contribution in [1.29, 1.82) is 0 Å². The molecule has 3 fully saturated rings. The topological polar surface area (TPSA) is 20.2 Å². The molecule has 0 unspecified atom stereocenters. The first-order chi connectivity index (χ1) is 7.23. The molecule has 0 amide bonds. The van der Waals surface area contributed by atoms with E-state index in [0.717, 1.165) is 5.92 Å². The molecule has 0 aromatic heterocycles. The quantitative estimate of drug-likeness (QED) is 0.495. The van der Waals surface area contributed by atoms with Crippen LogP contribution in [0.25, 0.3) is 0 Å². The molecule has 0 aliphatic heterocycles. The Labute approximate surface area is 95.5 Å². The Balaban J connectivity index is 1.88. The van der Waals surface area contributed by atoms with Crippen LogP contribution in [0.1, 0.15) is 25.7 Å². The molecule has 4 aliphatic rings. The molecule has 0 radical (unpaired) electrons. The van der Waals surface area contributed by atoms with Crippen molar-refractivity contribution in [1.82, 2.24) is 0 Å². The lowest BCUT2D eigenvalue weighted by Crippen LogP contribution is -2.48. The fraction of sp³-hybridized carbons (Fsp3) is 0.846. The van der Waals surface area contributed by atoms with Gasteiger partial charge in [0.2, 0.25) is 0 Å². The molecule has 1 N–H and O–H groups in total. The summed E-state index contributed by atoms with van der Waals surface area (Å²) < 4.78 is 0. The van der Waals surface area contributed by atoms with Crippen molar-refractivity contribution in [2.24, 2.45) is 29.6 Å². The average molecular weight is 225 g/mol. The summed E-state index contributed by atoms with van der Waals surface area (Å²) >= 11 is 6.84. The zero-order valence-electron chi connectivity index (χ0n) is 8.77. The predicted octanol–water partition coefficient (Wildman–Crippen LogP) is 2.58. The smallest absolute Gasteiger partial charge is 0.0801 e. The number of aliphatic hydroxyl groups is 1. The zero-order chi connectivity index (χ0) is 10.2. The van der Waals surface area contributed by atoms with Gasteiger partial charge in [0.25, 0.3) is 0 Å². The van der Waals surface area contributed by atoms with Gasteiger partial charge < -0.3 is 5.11 Å². The third kappa shape index (κ3) is 0.838. The van der Waals surface area contributed by atoms with Gasteiger partial charge in [0.1, 0.15) is 0 Å². The summed E-state index contributed by atoms with van der Waals surface area (Å²) in [4.78, 5) is -0.296. The molecule has 4 rings (SSSR count). The fourth-order valence-corrected chi connectivity index (χ4v) is 5.71. The largest absolute Gasteiger partial charge is 0.391 e. The monoisotopic (exact) mass is 224 g/mol. The van der Waals surface area contributed by atoms with Crippen LogP contribution in [0.4, 0.5) is 0 Å². The second kappa shape index (κ2) is 2.62. The zero-order valence-corrected chi connectivity index (χ0v) is 9.53. The molecule has 7 atom stereocenters. The third-order valence-electron chi connectivity index (χ3n) is 5.63. The molecular formula is C13H17ClO. The Hall–Kier alpha value is -0.0100. The highest BCUT2D eigenvalue weighted by atomic mass is 35.5. The van der Waals surface area contributed by atoms with E-state index in [9.17, 15) is 5.11 Å². The van der Waals surface area contributed by atoms with Gasteiger partial charge in [-0.2, -0.15) is 0 Å². The molecule has 0 saturated heterocycles. The van der Waals surface area contributed by atoms with Crippen LogP contribution in [0.15, 0.2) is 12.2 Å². The maximum atomic E-state index is 10.5. The van der Waals surface area contributed by atoms with Crippen molar-refractivity contribution >= 4 is 11.6 Å². The minimum absolute atomic E-state index is 0.242. The summed E-state index contributed by atoms with van der Waals surface area (Å²) in [7, 11) is 0. The van der Waals surface area contributed by atoms with E-state index in [0.29, 0.717) is 23.7 Å². The van der Waals surface area contributed by atoms with E-state index in [1.165, 1.54) is 25.7 Å². The van der Waals surface area contributed by atoms with Crippen LogP contribution >= 0.6 is 11.6 Å². The fourth-order valence-electron chi connectivity index (χ4n) is 5.13. The molecule has 1 nitrogen and oxygen atoms in total. The van der Waals surface area contributed by atoms with Crippen LogP contribution in [0.3, 0.4) is 0 Å². The minimum atomic E-state index is -0.296. The Morgan fingerprint density at radius 3 is 3.00 bits per heavy atom. The lowest BCUT2D eigenvalue weighted by Gasteiger charge is -2.41. The highest BCUT2D eigenvalue weighted by Crippen LogP contribution is 2.67. The highest BCUT2D eigenvalue weighted by molar-refractivity contribution is 6.25. The van der Waals surface area contributed by atoms with Crippen LogP contribution in [0, 0.1) is 29.6 Å². The van der Waals surface area contributed by atoms with E-state index < -0.39 is 0 Å². The summed E-state index contributed by atoms with van der Waals surface area (Å²) in [5, 5.41) is 10.5. The summed E-state index contributed by atoms with van der Waals surface area (Å²) in [6, 6.07) is 0. The van der Waals surface area contributed by atoms with E-state index >= 15 is 0 Å². The molecule has 0 aromatic rings. The number of hydrogen-bond donors (Lipinski definition) is 1. The van der Waals surface area contributed by atoms with Crippen molar-refractivity contribution < 1.29 is 5.11 Å². The molecule has 82 valence electrons. The van der Waals surface area contributed by atoms with E-state index in [-0.39, 0.29) is 11.0 Å². The summed E-state index contributed by atoms with van der Waals surface area (Å²) in [5.41, 5.74) is 0. The maximum absolute atomic E-state index is 10.5. The molecule has 3 saturated carbocycles. The first kappa shape index (κ1) is 9.07. The predicted molar refractivity (Wildman–Crippen MR) is 59.6 cm³/mol. The molecule has 4 aliphatic carbocycles. The first-order valence-corrected chi connectivity index (χ1v) is 6.66. The van der Waals surface area contributed by atoms with Gasteiger partial charge in [-0.25, -0.2) is 0 Å². The molecule has 0 aromatic carbocycles. The van der Waals surface area contributed by atoms with Gasteiger partial charge in [-0.1, -0.05) is 18.6 Å². The number of hydrogen-bond acceptors (Lipinski definition) is 1. The van der Waals surface area contributed by atoms with Crippen molar-refractivity contribution in [3.8, 4) is 0 Å². The summed E-state index contributed by atoms with van der Waals surface area (Å²) in [6.07, 6.45) is 9.46. The molecular weight excluding hydrogens is 208 g/mol. The van der Waals surface area contributed by atoms with Gasteiger partial charge in [0.05, 0.1) is 11.0 Å². The maximum Gasteiger partial charge on any atom is 0.0801 e. The number of rotatable bonds is 0. The van der Waals surface area contributed by atoms with Crippen molar-refractivity contribution in [3.05, 3.63) is 12.2 Å². The van der Waals surface area contributed by atoms with Gasteiger partial charge in [0.15, 0.2) is 0 Å². The first-order valence-electron chi connectivity index (χ1n) is 6.28. The number of fused-ring (bicyclic) bond motifs is 9. The number of allylic oxidation sites excluding steroid dienone is 2. The summed E-state index contributed by atoms with van der Waals surface area (Å²) in [6.45, 7) is 0. The normalized spacial score (nSPS) is 64.9. The van der Waals surface area contributed by atoms with E-state index in [1.54, 1.807) is 0 Å². The standard InChI is InChI=1S/C13H17ClO/c14-13-8-5-4-7(6-8)11(12(13)15)9-2-1-3-10(9)13/h4-5,7-12,15H,1-3,6H2/t7-,8+,9+,10-,11-,12-,13-/m0/s1. The molecule has 2 heteroatoms. The highest BCUT2D eigenvalue weighted by Gasteiger charge is 2.68. The van der Waals surface area contributed by atoms with Gasteiger partial charge in [-0.15, -0.1) is 11.6 Å². The van der Waals surface area contributed by atoms with Gasteiger partial charge in [-0.3, -0.25) is 0 Å². The Morgan fingerprint density at radius 1 is 1.27 bits per heavy atom. The molecule has 0 spiro atoms. The van der Waals surface area contributed by atoms with E-state index in [4.69, 9.17) is 11.6 Å². The van der Waals surface area contributed by atoms with E-state index in [2.05, 4.69) is 12.2 Å². The van der Waals surface area contributed by atoms with Gasteiger partial charge in [-0.05, 0) is 48.9 Å². The van der Waals surface area contributed by atoms with Crippen LogP contribution in [0.5, 0.6) is 0 Å². The average Bonchev–Trinajstić information content (AvgIpc) is 2.85. The minimum Gasteiger partial charge on any atom is -0.391 e. The number of halogens is 1. The van der Waals surface area contributed by atoms with Crippen LogP contribution in [-0.2, 0) is 0 Å². The van der Waals surface area contributed by atoms with Crippen molar-refractivity contribution in [3.63, 3.8) is 0 Å². The number of alkyl halides is 1. The molecule has 15 heavy (non-hydrogen) atoms. The van der Waals surface area contributed by atoms with Crippen LogP contribution in [0.2, 0.25) is 0 Å². The third-order valence-corrected chi connectivity index (χ3v) is 6.41. The second-order valence-electron chi connectivity index (χ2n) is 5.94.